The lowest BCUT2D eigenvalue weighted by atomic mass is 10.0. The molecule has 1 aliphatic rings. The van der Waals surface area contributed by atoms with Crippen molar-refractivity contribution in [3.8, 4) is 6.07 Å². The van der Waals surface area contributed by atoms with Crippen molar-refractivity contribution >= 4 is 34.7 Å². The largest absolute Gasteiger partial charge is 0.319 e. The van der Waals surface area contributed by atoms with Crippen molar-refractivity contribution in [1.29, 1.82) is 5.26 Å². The normalized spacial score (nSPS) is 13.9. The quantitative estimate of drug-likeness (QED) is 0.516. The molecule has 3 aromatic rings. The van der Waals surface area contributed by atoms with Crippen LogP contribution in [0.15, 0.2) is 48.5 Å². The van der Waals surface area contributed by atoms with Gasteiger partial charge >= 0.3 is 0 Å². The molecule has 1 aromatic heterocycles. The van der Waals surface area contributed by atoms with Crippen LogP contribution >= 0.6 is 18.5 Å². The molecule has 4 rings (SSSR count). The third kappa shape index (κ3) is 5.59. The van der Waals surface area contributed by atoms with Crippen LogP contribution in [0.1, 0.15) is 27.1 Å². The number of carbonyl (C=O) groups is 1. The van der Waals surface area contributed by atoms with Gasteiger partial charge in [0.1, 0.15) is 24.0 Å². The van der Waals surface area contributed by atoms with Crippen LogP contribution in [0.25, 0.3) is 0 Å². The summed E-state index contributed by atoms with van der Waals surface area (Å²) in [4.78, 5) is 16.0. The Morgan fingerprint density at radius 3 is 2.64 bits per heavy atom. The Morgan fingerprint density at radius 1 is 1.21 bits per heavy atom. The molecule has 0 aliphatic carbocycles. The van der Waals surface area contributed by atoms with Gasteiger partial charge in [0, 0.05) is 35.4 Å². The van der Waals surface area contributed by atoms with Crippen LogP contribution in [-0.4, -0.2) is 30.7 Å². The summed E-state index contributed by atoms with van der Waals surface area (Å²) < 4.78 is 25.7. The molecule has 0 fully saturated rings. The van der Waals surface area contributed by atoms with E-state index in [1.807, 2.05) is 18.2 Å². The Balaban J connectivity index is 1.44. The Kier molecular flexibility index (Phi) is 6.81. The van der Waals surface area contributed by atoms with Gasteiger partial charge in [0.15, 0.2) is 0 Å². The smallest absolute Gasteiger partial charge is 0.229 e. The molecule has 1 N–H and O–H groups in total. The van der Waals surface area contributed by atoms with E-state index in [-0.39, 0.29) is 18.1 Å². The highest BCUT2D eigenvalue weighted by Crippen LogP contribution is 2.37. The minimum absolute atomic E-state index is 0.178. The van der Waals surface area contributed by atoms with Gasteiger partial charge in [-0.1, -0.05) is 36.4 Å². The minimum atomic E-state index is -2.33. The summed E-state index contributed by atoms with van der Waals surface area (Å²) in [6.45, 7) is 5.45. The van der Waals surface area contributed by atoms with Gasteiger partial charge in [0.05, 0.1) is 12.0 Å². The molecule has 0 spiro atoms. The zero-order chi connectivity index (χ0) is 23.6. The second kappa shape index (κ2) is 9.61. The molecule has 0 bridgehead atoms. The van der Waals surface area contributed by atoms with Gasteiger partial charge in [-0.15, -0.1) is 11.3 Å². The lowest BCUT2D eigenvalue weighted by molar-refractivity contribution is -0.115. The molecule has 0 saturated carbocycles. The van der Waals surface area contributed by atoms with Gasteiger partial charge in [-0.3, -0.25) is 9.69 Å². The van der Waals surface area contributed by atoms with Gasteiger partial charge in [-0.2, -0.15) is 5.26 Å². The molecule has 0 saturated heterocycles. The fraction of sp³-hybridized carbons (Fsp3) is 0.280. The number of benzene rings is 2. The number of nitriles is 1. The second-order valence-electron chi connectivity index (χ2n) is 8.65. The Labute approximate surface area is 197 Å². The van der Waals surface area contributed by atoms with E-state index in [9.17, 15) is 19.0 Å². The first-order valence-electron chi connectivity index (χ1n) is 10.7. The molecule has 170 valence electrons. The molecule has 8 heteroatoms. The summed E-state index contributed by atoms with van der Waals surface area (Å²) in [6, 6.07) is 16.1. The van der Waals surface area contributed by atoms with Gasteiger partial charge < -0.3 is 9.88 Å². The van der Waals surface area contributed by atoms with Crippen LogP contribution in [0.2, 0.25) is 0 Å². The molecular formula is C25H25FN3O2PS. The average Bonchev–Trinajstić information content (AvgIpc) is 3.09. The third-order valence-corrected chi connectivity index (χ3v) is 8.46. The van der Waals surface area contributed by atoms with E-state index in [1.54, 1.807) is 31.5 Å². The standard InChI is InChI=1S/C25H25FN3O2PS/c1-32(2,31)20-8-6-17(7-9-20)13-24(30)28-25-21(14-27)22-16-29(11-10-23(22)33-25)15-18-4-3-5-19(26)12-18/h3-9,12H,10-11,13,15-16H2,1-2H3,(H,28,30). The van der Waals surface area contributed by atoms with Gasteiger partial charge in [0.25, 0.3) is 0 Å². The van der Waals surface area contributed by atoms with E-state index in [1.165, 1.54) is 23.5 Å². The topological polar surface area (TPSA) is 73.2 Å². The Hall–Kier alpha value is -2.78. The van der Waals surface area contributed by atoms with Crippen molar-refractivity contribution in [3.05, 3.63) is 81.5 Å². The van der Waals surface area contributed by atoms with Crippen LogP contribution < -0.4 is 10.6 Å². The summed E-state index contributed by atoms with van der Waals surface area (Å²) >= 11 is 1.46. The number of amides is 1. The number of thiophene rings is 1. The summed E-state index contributed by atoms with van der Waals surface area (Å²) in [5.41, 5.74) is 3.19. The van der Waals surface area contributed by atoms with Crippen molar-refractivity contribution < 1.29 is 13.8 Å². The predicted molar refractivity (Wildman–Crippen MR) is 131 cm³/mol. The molecule has 2 heterocycles. The lowest BCUT2D eigenvalue weighted by Gasteiger charge is -2.27. The van der Waals surface area contributed by atoms with Gasteiger partial charge in [-0.25, -0.2) is 4.39 Å². The molecule has 5 nitrogen and oxygen atoms in total. The SMILES string of the molecule is CP(C)(=O)c1ccc(CC(=O)Nc2sc3c(c2C#N)CN(Cc2cccc(F)c2)CC3)cc1. The molecule has 0 atom stereocenters. The highest BCUT2D eigenvalue weighted by atomic mass is 32.1. The molecule has 33 heavy (non-hydrogen) atoms. The second-order valence-corrected chi connectivity index (χ2v) is 13.0. The van der Waals surface area contributed by atoms with Gasteiger partial charge in [0.2, 0.25) is 5.91 Å². The monoisotopic (exact) mass is 481 g/mol. The number of anilines is 1. The van der Waals surface area contributed by atoms with E-state index < -0.39 is 7.14 Å². The fourth-order valence-electron chi connectivity index (χ4n) is 4.01. The molecule has 0 unspecified atom stereocenters. The minimum Gasteiger partial charge on any atom is -0.319 e. The number of carbonyl (C=O) groups excluding carboxylic acids is 1. The van der Waals surface area contributed by atoms with Crippen molar-refractivity contribution in [2.75, 3.05) is 25.2 Å². The van der Waals surface area contributed by atoms with Crippen LogP contribution in [-0.2, 0) is 35.3 Å². The number of hydrogen-bond donors (Lipinski definition) is 1. The number of nitrogens with one attached hydrogen (secondary N) is 1. The first-order valence-corrected chi connectivity index (χ1v) is 14.1. The Morgan fingerprint density at radius 2 is 1.97 bits per heavy atom. The number of rotatable bonds is 6. The molecule has 2 aromatic carbocycles. The van der Waals surface area contributed by atoms with E-state index >= 15 is 0 Å². The maximum Gasteiger partial charge on any atom is 0.229 e. The number of nitrogens with zero attached hydrogens (tertiary/aromatic N) is 2. The number of halogens is 1. The highest BCUT2D eigenvalue weighted by molar-refractivity contribution is 7.70. The zero-order valence-corrected chi connectivity index (χ0v) is 20.3. The molecule has 0 radical (unpaired) electrons. The summed E-state index contributed by atoms with van der Waals surface area (Å²) in [6.07, 6.45) is 0.965. The van der Waals surface area contributed by atoms with Crippen molar-refractivity contribution in [2.24, 2.45) is 0 Å². The average molecular weight is 482 g/mol. The lowest BCUT2D eigenvalue weighted by Crippen LogP contribution is -2.29. The van der Waals surface area contributed by atoms with Crippen LogP contribution in [0.3, 0.4) is 0 Å². The third-order valence-electron chi connectivity index (χ3n) is 5.71. The van der Waals surface area contributed by atoms with Crippen molar-refractivity contribution in [3.63, 3.8) is 0 Å². The summed E-state index contributed by atoms with van der Waals surface area (Å²) in [7, 11) is -2.33. The fourth-order valence-corrected chi connectivity index (χ4v) is 6.04. The molecule has 1 aliphatic heterocycles. The van der Waals surface area contributed by atoms with Gasteiger partial charge in [-0.05, 0) is 43.0 Å². The van der Waals surface area contributed by atoms with E-state index in [0.29, 0.717) is 23.7 Å². The first-order chi connectivity index (χ1) is 15.7. The summed E-state index contributed by atoms with van der Waals surface area (Å²) in [5, 5.41) is 14.1. The maximum absolute atomic E-state index is 13.5. The van der Waals surface area contributed by atoms with Crippen LogP contribution in [0.5, 0.6) is 0 Å². The van der Waals surface area contributed by atoms with E-state index in [2.05, 4.69) is 16.3 Å². The van der Waals surface area contributed by atoms with Crippen molar-refractivity contribution in [2.45, 2.75) is 25.9 Å². The zero-order valence-electron chi connectivity index (χ0n) is 18.6. The number of fused-ring (bicyclic) bond motifs is 1. The van der Waals surface area contributed by atoms with Crippen LogP contribution in [0, 0.1) is 17.1 Å². The van der Waals surface area contributed by atoms with E-state index in [4.69, 9.17) is 0 Å². The number of hydrogen-bond acceptors (Lipinski definition) is 5. The Bertz CT molecular complexity index is 1270. The maximum atomic E-state index is 13.5. The summed E-state index contributed by atoms with van der Waals surface area (Å²) in [5.74, 6) is -0.442. The highest BCUT2D eigenvalue weighted by Gasteiger charge is 2.25. The molecule has 1 amide bonds. The first kappa shape index (κ1) is 23.4. The predicted octanol–water partition coefficient (Wildman–Crippen LogP) is 4.75. The molecular weight excluding hydrogens is 456 g/mol. The van der Waals surface area contributed by atoms with Crippen LogP contribution in [0.4, 0.5) is 9.39 Å². The van der Waals surface area contributed by atoms with E-state index in [0.717, 1.165) is 39.8 Å². The van der Waals surface area contributed by atoms with Crippen molar-refractivity contribution in [1.82, 2.24) is 4.90 Å².